The third kappa shape index (κ3) is 2.95. The molecule has 1 aliphatic heterocycles. The lowest BCUT2D eigenvalue weighted by Crippen LogP contribution is -2.47. The Morgan fingerprint density at radius 1 is 1.31 bits per heavy atom. The molecule has 5 heteroatoms. The van der Waals surface area contributed by atoms with E-state index in [-0.39, 0.29) is 5.91 Å². The molecule has 92 valence electrons. The normalized spacial score (nSPS) is 19.9. The summed E-state index contributed by atoms with van der Waals surface area (Å²) in [5.41, 5.74) is 0. The van der Waals surface area contributed by atoms with E-state index in [9.17, 15) is 9.59 Å². The molecule has 0 spiro atoms. The molecular weight excluding hydrogens is 208 g/mol. The van der Waals surface area contributed by atoms with E-state index < -0.39 is 11.9 Å². The van der Waals surface area contributed by atoms with Crippen LogP contribution in [0.5, 0.6) is 0 Å². The van der Waals surface area contributed by atoms with Gasteiger partial charge in [0.1, 0.15) is 5.92 Å². The molecular formula is C11H20N2O3. The molecule has 1 fully saturated rings. The Kier molecular flexibility index (Phi) is 4.29. The van der Waals surface area contributed by atoms with Crippen LogP contribution in [-0.4, -0.2) is 60.0 Å². The number of nitrogens with zero attached hydrogens (tertiary/aromatic N) is 2. The second-order valence-electron chi connectivity index (χ2n) is 4.58. The molecule has 1 unspecified atom stereocenters. The molecule has 1 atom stereocenters. The van der Waals surface area contributed by atoms with Crippen molar-refractivity contribution in [1.82, 2.24) is 9.80 Å². The molecule has 0 aliphatic carbocycles. The fourth-order valence-electron chi connectivity index (χ4n) is 1.98. The fourth-order valence-corrected chi connectivity index (χ4v) is 1.98. The van der Waals surface area contributed by atoms with Gasteiger partial charge in [-0.05, 0) is 33.9 Å². The van der Waals surface area contributed by atoms with Gasteiger partial charge in [-0.2, -0.15) is 0 Å². The molecule has 0 radical (unpaired) electrons. The number of hydrogen-bond donors (Lipinski definition) is 1. The van der Waals surface area contributed by atoms with Gasteiger partial charge < -0.3 is 14.9 Å². The highest BCUT2D eigenvalue weighted by Crippen LogP contribution is 2.16. The van der Waals surface area contributed by atoms with Gasteiger partial charge >= 0.3 is 5.97 Å². The van der Waals surface area contributed by atoms with Crippen molar-refractivity contribution < 1.29 is 14.7 Å². The average Bonchev–Trinajstić information content (AvgIpc) is 2.27. The number of rotatable bonds is 3. The van der Waals surface area contributed by atoms with Gasteiger partial charge in [0.25, 0.3) is 0 Å². The maximum atomic E-state index is 11.7. The van der Waals surface area contributed by atoms with Crippen LogP contribution in [-0.2, 0) is 9.59 Å². The largest absolute Gasteiger partial charge is 0.481 e. The van der Waals surface area contributed by atoms with E-state index in [1.807, 2.05) is 14.1 Å². The lowest BCUT2D eigenvalue weighted by atomic mass is 10.0. The third-order valence-electron chi connectivity index (χ3n) is 3.25. The topological polar surface area (TPSA) is 60.9 Å². The standard InChI is InChI=1S/C11H20N2O3/c1-8(11(15)16)10(14)13-6-4-9(5-7-13)12(2)3/h8-9H,4-7H2,1-3H3,(H,15,16). The van der Waals surface area contributed by atoms with E-state index in [0.717, 1.165) is 12.8 Å². The molecule has 1 saturated heterocycles. The van der Waals surface area contributed by atoms with Crippen LogP contribution >= 0.6 is 0 Å². The van der Waals surface area contributed by atoms with Crippen LogP contribution in [0, 0.1) is 5.92 Å². The number of aliphatic carboxylic acids is 1. The van der Waals surface area contributed by atoms with Gasteiger partial charge in [0.05, 0.1) is 0 Å². The highest BCUT2D eigenvalue weighted by molar-refractivity contribution is 5.96. The molecule has 0 aromatic carbocycles. The van der Waals surface area contributed by atoms with Gasteiger partial charge in [0, 0.05) is 19.1 Å². The Morgan fingerprint density at radius 3 is 2.19 bits per heavy atom. The van der Waals surface area contributed by atoms with Gasteiger partial charge in [0.15, 0.2) is 0 Å². The molecule has 0 saturated carbocycles. The first-order chi connectivity index (χ1) is 7.43. The summed E-state index contributed by atoms with van der Waals surface area (Å²) in [6.45, 7) is 2.78. The molecule has 1 heterocycles. The number of carbonyl (C=O) groups is 2. The number of likely N-dealkylation sites (tertiary alicyclic amines) is 1. The quantitative estimate of drug-likeness (QED) is 0.704. The minimum Gasteiger partial charge on any atom is -0.481 e. The van der Waals surface area contributed by atoms with Crippen LogP contribution in [0.2, 0.25) is 0 Å². The van der Waals surface area contributed by atoms with Crippen molar-refractivity contribution in [2.24, 2.45) is 5.92 Å². The Hall–Kier alpha value is -1.10. The number of amides is 1. The van der Waals surface area contributed by atoms with Crippen molar-refractivity contribution >= 4 is 11.9 Å². The molecule has 0 bridgehead atoms. The second-order valence-corrected chi connectivity index (χ2v) is 4.58. The Bertz CT molecular complexity index is 270. The Balaban J connectivity index is 2.48. The van der Waals surface area contributed by atoms with Crippen LogP contribution in [0.1, 0.15) is 19.8 Å². The van der Waals surface area contributed by atoms with Crippen molar-refractivity contribution in [3.05, 3.63) is 0 Å². The SMILES string of the molecule is CC(C(=O)O)C(=O)N1CCC(N(C)C)CC1. The predicted molar refractivity (Wildman–Crippen MR) is 60.1 cm³/mol. The number of piperidine rings is 1. The average molecular weight is 228 g/mol. The van der Waals surface area contributed by atoms with Crippen molar-refractivity contribution in [3.8, 4) is 0 Å². The summed E-state index contributed by atoms with van der Waals surface area (Å²) in [6.07, 6.45) is 1.84. The van der Waals surface area contributed by atoms with Crippen LogP contribution in [0.4, 0.5) is 0 Å². The van der Waals surface area contributed by atoms with Gasteiger partial charge in [0.2, 0.25) is 5.91 Å². The molecule has 5 nitrogen and oxygen atoms in total. The van der Waals surface area contributed by atoms with E-state index in [1.54, 1.807) is 4.90 Å². The number of hydrogen-bond acceptors (Lipinski definition) is 3. The van der Waals surface area contributed by atoms with Gasteiger partial charge in [-0.15, -0.1) is 0 Å². The fraction of sp³-hybridized carbons (Fsp3) is 0.818. The van der Waals surface area contributed by atoms with Crippen molar-refractivity contribution in [1.29, 1.82) is 0 Å². The zero-order chi connectivity index (χ0) is 12.3. The lowest BCUT2D eigenvalue weighted by Gasteiger charge is -2.35. The maximum Gasteiger partial charge on any atom is 0.315 e. The lowest BCUT2D eigenvalue weighted by molar-refractivity contribution is -0.150. The summed E-state index contributed by atoms with van der Waals surface area (Å²) in [7, 11) is 4.06. The minimum atomic E-state index is -1.04. The summed E-state index contributed by atoms with van der Waals surface area (Å²) >= 11 is 0. The first kappa shape index (κ1) is 13.0. The second kappa shape index (κ2) is 5.30. The molecule has 1 N–H and O–H groups in total. The van der Waals surface area contributed by atoms with E-state index in [2.05, 4.69) is 4.90 Å². The van der Waals surface area contributed by atoms with Crippen LogP contribution in [0.15, 0.2) is 0 Å². The third-order valence-corrected chi connectivity index (χ3v) is 3.25. The smallest absolute Gasteiger partial charge is 0.315 e. The van der Waals surface area contributed by atoms with E-state index >= 15 is 0 Å². The zero-order valence-corrected chi connectivity index (χ0v) is 10.1. The number of carboxylic acids is 1. The Morgan fingerprint density at radius 2 is 1.81 bits per heavy atom. The van der Waals surface area contributed by atoms with E-state index in [4.69, 9.17) is 5.11 Å². The summed E-state index contributed by atoms with van der Waals surface area (Å²) in [4.78, 5) is 26.3. The maximum absolute atomic E-state index is 11.7. The first-order valence-electron chi connectivity index (χ1n) is 5.61. The summed E-state index contributed by atoms with van der Waals surface area (Å²) in [5, 5.41) is 8.77. The summed E-state index contributed by atoms with van der Waals surface area (Å²) < 4.78 is 0. The molecule has 0 aromatic heterocycles. The van der Waals surface area contributed by atoms with Crippen LogP contribution in [0.25, 0.3) is 0 Å². The van der Waals surface area contributed by atoms with Gasteiger partial charge in [-0.3, -0.25) is 9.59 Å². The predicted octanol–water partition coefficient (Wildman–Crippen LogP) is 0.260. The monoisotopic (exact) mass is 228 g/mol. The first-order valence-corrected chi connectivity index (χ1v) is 5.61. The van der Waals surface area contributed by atoms with Crippen LogP contribution < -0.4 is 0 Å². The number of carboxylic acid groups (broad SMARTS) is 1. The van der Waals surface area contributed by atoms with Gasteiger partial charge in [-0.1, -0.05) is 0 Å². The van der Waals surface area contributed by atoms with E-state index in [0.29, 0.717) is 19.1 Å². The van der Waals surface area contributed by atoms with Crippen LogP contribution in [0.3, 0.4) is 0 Å². The van der Waals surface area contributed by atoms with Crippen molar-refractivity contribution in [2.75, 3.05) is 27.2 Å². The molecule has 1 aliphatic rings. The number of carbonyl (C=O) groups excluding carboxylic acids is 1. The summed E-state index contributed by atoms with van der Waals surface area (Å²) in [6, 6.07) is 0.504. The van der Waals surface area contributed by atoms with Gasteiger partial charge in [-0.25, -0.2) is 0 Å². The zero-order valence-electron chi connectivity index (χ0n) is 10.1. The highest BCUT2D eigenvalue weighted by atomic mass is 16.4. The minimum absolute atomic E-state index is 0.260. The Labute approximate surface area is 96.0 Å². The molecule has 16 heavy (non-hydrogen) atoms. The molecule has 1 rings (SSSR count). The van der Waals surface area contributed by atoms with Crippen molar-refractivity contribution in [2.45, 2.75) is 25.8 Å². The molecule has 0 aromatic rings. The molecule has 1 amide bonds. The summed E-state index contributed by atoms with van der Waals surface area (Å²) in [5.74, 6) is -2.22. The van der Waals surface area contributed by atoms with E-state index in [1.165, 1.54) is 6.92 Å². The highest BCUT2D eigenvalue weighted by Gasteiger charge is 2.29. The van der Waals surface area contributed by atoms with Crippen molar-refractivity contribution in [3.63, 3.8) is 0 Å².